The van der Waals surface area contributed by atoms with Crippen LogP contribution in [0, 0.1) is 5.41 Å². The summed E-state index contributed by atoms with van der Waals surface area (Å²) in [4.78, 5) is 19.3. The van der Waals surface area contributed by atoms with Gasteiger partial charge in [0.25, 0.3) is 5.91 Å². The van der Waals surface area contributed by atoms with Gasteiger partial charge < -0.3 is 16.2 Å². The smallest absolute Gasteiger partial charge is 0.273 e. The summed E-state index contributed by atoms with van der Waals surface area (Å²) in [5.41, 5.74) is 5.30. The fraction of sp³-hybridized carbons (Fsp3) is 0.545. The first-order chi connectivity index (χ1) is 7.82. The lowest BCUT2D eigenvalue weighted by Gasteiger charge is -2.25. The van der Waals surface area contributed by atoms with E-state index in [1.165, 1.54) is 12.4 Å². The van der Waals surface area contributed by atoms with E-state index < -0.39 is 12.0 Å². The van der Waals surface area contributed by atoms with Crippen LogP contribution in [-0.2, 0) is 0 Å². The van der Waals surface area contributed by atoms with E-state index in [2.05, 4.69) is 15.3 Å². The van der Waals surface area contributed by atoms with Crippen molar-refractivity contribution in [2.24, 2.45) is 5.41 Å². The fourth-order valence-electron chi connectivity index (χ4n) is 1.10. The molecule has 17 heavy (non-hydrogen) atoms. The minimum absolute atomic E-state index is 0.0774. The third-order valence-electron chi connectivity index (χ3n) is 2.40. The van der Waals surface area contributed by atoms with Gasteiger partial charge in [0.1, 0.15) is 0 Å². The van der Waals surface area contributed by atoms with Gasteiger partial charge in [-0.05, 0) is 5.41 Å². The van der Waals surface area contributed by atoms with Gasteiger partial charge in [-0.1, -0.05) is 20.8 Å². The maximum absolute atomic E-state index is 11.7. The fourth-order valence-corrected chi connectivity index (χ4v) is 1.10. The summed E-state index contributed by atoms with van der Waals surface area (Å²) in [7, 11) is 0. The van der Waals surface area contributed by atoms with E-state index in [0.717, 1.165) is 0 Å². The van der Waals surface area contributed by atoms with Crippen LogP contribution in [0.25, 0.3) is 0 Å². The monoisotopic (exact) mass is 238 g/mol. The van der Waals surface area contributed by atoms with Crippen LogP contribution in [0.5, 0.6) is 0 Å². The predicted molar refractivity (Wildman–Crippen MR) is 64.2 cm³/mol. The summed E-state index contributed by atoms with van der Waals surface area (Å²) in [5, 5.41) is 12.3. The van der Waals surface area contributed by atoms with E-state index in [1.807, 2.05) is 20.8 Å². The summed E-state index contributed by atoms with van der Waals surface area (Å²) < 4.78 is 0. The first-order valence-electron chi connectivity index (χ1n) is 5.35. The summed E-state index contributed by atoms with van der Waals surface area (Å²) in [6.45, 7) is 5.82. The molecule has 1 unspecified atom stereocenters. The van der Waals surface area contributed by atoms with Gasteiger partial charge in [-0.25, -0.2) is 9.97 Å². The highest BCUT2D eigenvalue weighted by Gasteiger charge is 2.23. The largest absolute Gasteiger partial charge is 0.391 e. The molecule has 4 N–H and O–H groups in total. The number of carbonyl (C=O) groups is 1. The van der Waals surface area contributed by atoms with Crippen molar-refractivity contribution in [1.29, 1.82) is 0 Å². The number of rotatable bonds is 3. The second-order valence-corrected chi connectivity index (χ2v) is 4.88. The zero-order valence-electron chi connectivity index (χ0n) is 10.3. The number of aliphatic hydroxyl groups is 1. The SMILES string of the molecule is CC(C)(C)C(O)CNC(=O)c1nccnc1N. The van der Waals surface area contributed by atoms with E-state index >= 15 is 0 Å². The number of hydrogen-bond donors (Lipinski definition) is 3. The Labute approximate surface area is 100 Å². The second kappa shape index (κ2) is 5.09. The summed E-state index contributed by atoms with van der Waals surface area (Å²) in [5.74, 6) is -0.353. The normalized spacial score (nSPS) is 13.2. The molecule has 1 atom stereocenters. The van der Waals surface area contributed by atoms with E-state index in [9.17, 15) is 9.90 Å². The van der Waals surface area contributed by atoms with Gasteiger partial charge in [-0.15, -0.1) is 0 Å². The number of aromatic nitrogens is 2. The quantitative estimate of drug-likeness (QED) is 0.698. The molecule has 1 aromatic heterocycles. The zero-order valence-corrected chi connectivity index (χ0v) is 10.3. The highest BCUT2D eigenvalue weighted by Crippen LogP contribution is 2.18. The van der Waals surface area contributed by atoms with Crippen LogP contribution in [0.2, 0.25) is 0 Å². The van der Waals surface area contributed by atoms with Crippen molar-refractivity contribution in [3.8, 4) is 0 Å². The topological polar surface area (TPSA) is 101 Å². The van der Waals surface area contributed by atoms with E-state index in [4.69, 9.17) is 5.73 Å². The molecular formula is C11H18N4O2. The molecule has 6 nitrogen and oxygen atoms in total. The number of nitrogens with two attached hydrogens (primary N) is 1. The zero-order chi connectivity index (χ0) is 13.1. The molecule has 0 fully saturated rings. The van der Waals surface area contributed by atoms with E-state index in [-0.39, 0.29) is 23.5 Å². The Morgan fingerprint density at radius 1 is 1.47 bits per heavy atom. The van der Waals surface area contributed by atoms with Gasteiger partial charge in [0, 0.05) is 18.9 Å². The van der Waals surface area contributed by atoms with Crippen molar-refractivity contribution in [3.63, 3.8) is 0 Å². The Kier molecular flexibility index (Phi) is 4.01. The van der Waals surface area contributed by atoms with Gasteiger partial charge >= 0.3 is 0 Å². The van der Waals surface area contributed by atoms with E-state index in [0.29, 0.717) is 0 Å². The molecule has 0 spiro atoms. The van der Waals surface area contributed by atoms with Gasteiger partial charge in [0.2, 0.25) is 0 Å². The Morgan fingerprint density at radius 2 is 2.06 bits per heavy atom. The lowest BCUT2D eigenvalue weighted by atomic mass is 9.89. The molecule has 0 aliphatic carbocycles. The molecule has 0 aromatic carbocycles. The van der Waals surface area contributed by atoms with Gasteiger partial charge in [0.15, 0.2) is 11.5 Å². The number of hydrogen-bond acceptors (Lipinski definition) is 5. The third kappa shape index (κ3) is 3.67. The average molecular weight is 238 g/mol. The summed E-state index contributed by atoms with van der Waals surface area (Å²) in [6.07, 6.45) is 2.17. The van der Waals surface area contributed by atoms with Crippen molar-refractivity contribution in [2.75, 3.05) is 12.3 Å². The number of nitrogens with zero attached hydrogens (tertiary/aromatic N) is 2. The standard InChI is InChI=1S/C11H18N4O2/c1-11(2,3)7(16)6-15-10(17)8-9(12)14-5-4-13-8/h4-5,7,16H,6H2,1-3H3,(H2,12,14)(H,15,17). The molecule has 94 valence electrons. The highest BCUT2D eigenvalue weighted by atomic mass is 16.3. The Bertz CT molecular complexity index is 401. The maximum Gasteiger partial charge on any atom is 0.273 e. The van der Waals surface area contributed by atoms with Crippen molar-refractivity contribution in [3.05, 3.63) is 18.1 Å². The van der Waals surface area contributed by atoms with Crippen LogP contribution in [0.15, 0.2) is 12.4 Å². The highest BCUT2D eigenvalue weighted by molar-refractivity contribution is 5.96. The molecule has 1 heterocycles. The first-order valence-corrected chi connectivity index (χ1v) is 5.35. The van der Waals surface area contributed by atoms with Gasteiger partial charge in [-0.3, -0.25) is 4.79 Å². The van der Waals surface area contributed by atoms with Crippen LogP contribution < -0.4 is 11.1 Å². The Morgan fingerprint density at radius 3 is 2.59 bits per heavy atom. The molecule has 1 aromatic rings. The van der Waals surface area contributed by atoms with E-state index in [1.54, 1.807) is 0 Å². The van der Waals surface area contributed by atoms with Crippen LogP contribution in [-0.4, -0.2) is 33.6 Å². The minimum Gasteiger partial charge on any atom is -0.391 e. The molecule has 0 radical (unpaired) electrons. The maximum atomic E-state index is 11.7. The van der Waals surface area contributed by atoms with Crippen molar-refractivity contribution < 1.29 is 9.90 Å². The van der Waals surface area contributed by atoms with Crippen molar-refractivity contribution in [1.82, 2.24) is 15.3 Å². The Hall–Kier alpha value is -1.69. The Balaban J connectivity index is 2.60. The number of nitrogen functional groups attached to an aromatic ring is 1. The summed E-state index contributed by atoms with van der Waals surface area (Å²) >= 11 is 0. The lowest BCUT2D eigenvalue weighted by Crippen LogP contribution is -2.39. The number of nitrogens with one attached hydrogen (secondary N) is 1. The van der Waals surface area contributed by atoms with Crippen LogP contribution in [0.3, 0.4) is 0 Å². The predicted octanol–water partition coefficient (Wildman–Crippen LogP) is 0.196. The number of amides is 1. The second-order valence-electron chi connectivity index (χ2n) is 4.88. The molecule has 0 saturated carbocycles. The minimum atomic E-state index is -0.635. The molecule has 1 amide bonds. The number of anilines is 1. The van der Waals surface area contributed by atoms with Crippen molar-refractivity contribution >= 4 is 11.7 Å². The van der Waals surface area contributed by atoms with Gasteiger partial charge in [-0.2, -0.15) is 0 Å². The molecule has 6 heteroatoms. The number of aliphatic hydroxyl groups excluding tert-OH is 1. The van der Waals surface area contributed by atoms with Crippen molar-refractivity contribution in [2.45, 2.75) is 26.9 Å². The molecule has 1 rings (SSSR count). The molecule has 0 aliphatic heterocycles. The molecule has 0 aliphatic rings. The molecule has 0 saturated heterocycles. The van der Waals surface area contributed by atoms with Gasteiger partial charge in [0.05, 0.1) is 6.10 Å². The first kappa shape index (κ1) is 13.4. The lowest BCUT2D eigenvalue weighted by molar-refractivity contribution is 0.0585. The van der Waals surface area contributed by atoms with Crippen LogP contribution >= 0.6 is 0 Å². The average Bonchev–Trinajstić information content (AvgIpc) is 2.24. The van der Waals surface area contributed by atoms with Crippen LogP contribution in [0.1, 0.15) is 31.3 Å². The summed E-state index contributed by atoms with van der Waals surface area (Å²) in [6, 6.07) is 0. The van der Waals surface area contributed by atoms with Crippen LogP contribution in [0.4, 0.5) is 5.82 Å². The molecule has 0 bridgehead atoms. The number of carbonyl (C=O) groups excluding carboxylic acids is 1. The molecular weight excluding hydrogens is 220 g/mol. The third-order valence-corrected chi connectivity index (χ3v) is 2.40.